The zero-order valence-electron chi connectivity index (χ0n) is 23.7. The van der Waals surface area contributed by atoms with Gasteiger partial charge in [-0.2, -0.15) is 0 Å². The topological polar surface area (TPSA) is 80.2 Å². The summed E-state index contributed by atoms with van der Waals surface area (Å²) in [7, 11) is 0. The number of rotatable bonds is 12. The second kappa shape index (κ2) is 13.4. The van der Waals surface area contributed by atoms with E-state index < -0.39 is 11.6 Å². The van der Waals surface area contributed by atoms with Crippen LogP contribution in [0.15, 0.2) is 96.0 Å². The fraction of sp³-hybridized carbons (Fsp3) is 0.353. The predicted octanol–water partition coefficient (Wildman–Crippen LogP) is 6.36. The van der Waals surface area contributed by atoms with Gasteiger partial charge < -0.3 is 19.9 Å². The number of ether oxygens (including phenoxy) is 2. The lowest BCUT2D eigenvalue weighted by atomic mass is 9.84. The van der Waals surface area contributed by atoms with Crippen molar-refractivity contribution in [3.63, 3.8) is 0 Å². The van der Waals surface area contributed by atoms with E-state index in [-0.39, 0.29) is 17.9 Å². The summed E-state index contributed by atoms with van der Waals surface area (Å²) in [6.07, 6.45) is 5.23. The van der Waals surface area contributed by atoms with E-state index in [9.17, 15) is 4.79 Å². The van der Waals surface area contributed by atoms with Gasteiger partial charge in [0.05, 0.1) is 6.61 Å². The first-order valence-corrected chi connectivity index (χ1v) is 14.0. The number of benzene rings is 3. The number of aliphatic hydroxyl groups is 1. The van der Waals surface area contributed by atoms with Gasteiger partial charge in [-0.1, -0.05) is 93.6 Å². The van der Waals surface area contributed by atoms with Crippen LogP contribution in [0.25, 0.3) is 6.08 Å². The van der Waals surface area contributed by atoms with Gasteiger partial charge in [-0.05, 0) is 47.2 Å². The quantitative estimate of drug-likeness (QED) is 0.262. The molecule has 40 heavy (non-hydrogen) atoms. The second-order valence-corrected chi connectivity index (χ2v) is 11.3. The Morgan fingerprint density at radius 1 is 1.02 bits per heavy atom. The van der Waals surface area contributed by atoms with E-state index in [0.717, 1.165) is 23.1 Å². The molecule has 2 N–H and O–H groups in total. The molecule has 0 bridgehead atoms. The van der Waals surface area contributed by atoms with Gasteiger partial charge in [0.15, 0.2) is 11.6 Å². The lowest BCUT2D eigenvalue weighted by Gasteiger charge is -2.30. The van der Waals surface area contributed by atoms with Crippen LogP contribution in [-0.4, -0.2) is 42.2 Å². The van der Waals surface area contributed by atoms with Gasteiger partial charge >= 0.3 is 0 Å². The van der Waals surface area contributed by atoms with Crippen molar-refractivity contribution in [1.29, 1.82) is 0 Å². The molecule has 1 amide bonds. The number of aliphatic hydroxyl groups excluding tert-OH is 1. The molecule has 0 saturated heterocycles. The van der Waals surface area contributed by atoms with Crippen LogP contribution in [0.2, 0.25) is 0 Å². The summed E-state index contributed by atoms with van der Waals surface area (Å²) in [4.78, 5) is 19.1. The Morgan fingerprint density at radius 2 is 1.70 bits per heavy atom. The van der Waals surface area contributed by atoms with Crippen molar-refractivity contribution in [1.82, 2.24) is 5.32 Å². The average Bonchev–Trinajstić information content (AvgIpc) is 3.35. The molecule has 1 heterocycles. The zero-order chi connectivity index (χ0) is 28.4. The lowest BCUT2D eigenvalue weighted by Crippen LogP contribution is -2.48. The minimum absolute atomic E-state index is 0.0855. The summed E-state index contributed by atoms with van der Waals surface area (Å²) < 4.78 is 12.2. The number of carbonyl (C=O) groups excluding carboxylic acids is 1. The highest BCUT2D eigenvalue weighted by Gasteiger charge is 2.52. The molecular formula is C34H40N2O4. The van der Waals surface area contributed by atoms with Crippen LogP contribution in [0.3, 0.4) is 0 Å². The van der Waals surface area contributed by atoms with E-state index in [2.05, 4.69) is 26.1 Å². The predicted molar refractivity (Wildman–Crippen MR) is 160 cm³/mol. The average molecular weight is 541 g/mol. The first kappa shape index (κ1) is 29.1. The van der Waals surface area contributed by atoms with Crippen molar-refractivity contribution >= 4 is 17.9 Å². The monoisotopic (exact) mass is 540 g/mol. The SMILES string of the molecule is CC(C)(C)CCNC(=O)[C@]1(C/C=C/c2ccccc2)N=C(c2ccc(OCCCO)cc2)O[C@@H]1c1ccccc1. The summed E-state index contributed by atoms with van der Waals surface area (Å²) in [5.74, 6) is 0.976. The van der Waals surface area contributed by atoms with Crippen LogP contribution in [0.4, 0.5) is 0 Å². The van der Waals surface area contributed by atoms with Gasteiger partial charge in [-0.25, -0.2) is 4.99 Å². The van der Waals surface area contributed by atoms with Crippen molar-refractivity contribution in [3.05, 3.63) is 108 Å². The van der Waals surface area contributed by atoms with Gasteiger partial charge in [0, 0.05) is 31.6 Å². The molecule has 3 aromatic rings. The Labute approximate surface area is 237 Å². The van der Waals surface area contributed by atoms with Crippen LogP contribution >= 0.6 is 0 Å². The van der Waals surface area contributed by atoms with E-state index in [1.807, 2.05) is 97.1 Å². The number of aliphatic imine (C=N–C) groups is 1. The second-order valence-electron chi connectivity index (χ2n) is 11.3. The van der Waals surface area contributed by atoms with E-state index in [4.69, 9.17) is 19.6 Å². The lowest BCUT2D eigenvalue weighted by molar-refractivity contribution is -0.128. The standard InChI is InChI=1S/C34H40N2O4/c1-33(2,3)22-23-35-32(38)34(21-10-14-26-12-6-4-7-13-26)30(27-15-8-5-9-16-27)40-31(36-34)28-17-19-29(20-18-28)39-25-11-24-37/h4-10,12-20,30,37H,11,21-25H2,1-3H3,(H,35,38)/b14-10+/t30-,34-/m1/s1. The van der Waals surface area contributed by atoms with Crippen LogP contribution in [-0.2, 0) is 9.53 Å². The number of hydrogen-bond acceptors (Lipinski definition) is 5. The highest BCUT2D eigenvalue weighted by atomic mass is 16.5. The van der Waals surface area contributed by atoms with Crippen LogP contribution < -0.4 is 10.1 Å². The maximum absolute atomic E-state index is 14.1. The first-order valence-electron chi connectivity index (χ1n) is 14.0. The van der Waals surface area contributed by atoms with E-state index in [1.165, 1.54) is 0 Å². The molecule has 1 aliphatic rings. The Bertz CT molecular complexity index is 1280. The first-order chi connectivity index (χ1) is 19.3. The smallest absolute Gasteiger partial charge is 0.252 e. The fourth-order valence-electron chi connectivity index (χ4n) is 4.59. The maximum Gasteiger partial charge on any atom is 0.252 e. The molecule has 3 aromatic carbocycles. The molecule has 0 saturated carbocycles. The Kier molecular flexibility index (Phi) is 9.78. The van der Waals surface area contributed by atoms with Crippen molar-refractivity contribution < 1.29 is 19.4 Å². The Balaban J connectivity index is 1.69. The van der Waals surface area contributed by atoms with Gasteiger partial charge in [-0.15, -0.1) is 0 Å². The van der Waals surface area contributed by atoms with Crippen LogP contribution in [0.1, 0.15) is 62.8 Å². The Hall–Kier alpha value is -3.90. The molecule has 0 aliphatic carbocycles. The van der Waals surface area contributed by atoms with Gasteiger partial charge in [-0.3, -0.25) is 4.79 Å². The molecule has 1 aliphatic heterocycles. The van der Waals surface area contributed by atoms with Crippen molar-refractivity contribution in [2.75, 3.05) is 19.8 Å². The largest absolute Gasteiger partial charge is 0.494 e. The number of nitrogens with one attached hydrogen (secondary N) is 1. The maximum atomic E-state index is 14.1. The summed E-state index contributed by atoms with van der Waals surface area (Å²) >= 11 is 0. The normalized spacial score (nSPS) is 18.8. The van der Waals surface area contributed by atoms with Gasteiger partial charge in [0.25, 0.3) is 5.91 Å². The summed E-state index contributed by atoms with van der Waals surface area (Å²) in [6, 6.07) is 27.4. The number of hydrogen-bond donors (Lipinski definition) is 2. The molecule has 0 radical (unpaired) electrons. The molecule has 210 valence electrons. The molecule has 4 rings (SSSR count). The molecule has 0 aromatic heterocycles. The minimum Gasteiger partial charge on any atom is -0.494 e. The van der Waals surface area contributed by atoms with Crippen molar-refractivity contribution in [2.45, 2.75) is 51.7 Å². The molecule has 6 nitrogen and oxygen atoms in total. The zero-order valence-corrected chi connectivity index (χ0v) is 23.7. The van der Waals surface area contributed by atoms with Gasteiger partial charge in [0.1, 0.15) is 5.75 Å². The molecule has 6 heteroatoms. The van der Waals surface area contributed by atoms with Crippen LogP contribution in [0.5, 0.6) is 5.75 Å². The molecule has 0 spiro atoms. The number of carbonyl (C=O) groups is 1. The summed E-state index contributed by atoms with van der Waals surface area (Å²) in [5, 5.41) is 12.2. The highest BCUT2D eigenvalue weighted by Crippen LogP contribution is 2.43. The molecule has 2 atom stereocenters. The minimum atomic E-state index is -1.18. The highest BCUT2D eigenvalue weighted by molar-refractivity contribution is 6.01. The third kappa shape index (κ3) is 7.60. The fourth-order valence-corrected chi connectivity index (χ4v) is 4.59. The molecular weight excluding hydrogens is 500 g/mol. The van der Waals surface area contributed by atoms with E-state index >= 15 is 0 Å². The van der Waals surface area contributed by atoms with Crippen molar-refractivity contribution in [3.8, 4) is 5.75 Å². The van der Waals surface area contributed by atoms with E-state index in [1.54, 1.807) is 0 Å². The molecule has 0 unspecified atom stereocenters. The van der Waals surface area contributed by atoms with E-state index in [0.29, 0.717) is 37.6 Å². The molecule has 0 fully saturated rings. The Morgan fingerprint density at radius 3 is 2.35 bits per heavy atom. The third-order valence-corrected chi connectivity index (χ3v) is 6.83. The van der Waals surface area contributed by atoms with Crippen LogP contribution in [0, 0.1) is 5.41 Å². The van der Waals surface area contributed by atoms with Gasteiger partial charge in [0.2, 0.25) is 5.90 Å². The number of amides is 1. The van der Waals surface area contributed by atoms with Crippen molar-refractivity contribution in [2.24, 2.45) is 10.4 Å². The summed E-state index contributed by atoms with van der Waals surface area (Å²) in [5.41, 5.74) is 1.63. The number of nitrogens with zero attached hydrogens (tertiary/aromatic N) is 1. The summed E-state index contributed by atoms with van der Waals surface area (Å²) in [6.45, 7) is 7.57. The third-order valence-electron chi connectivity index (χ3n) is 6.83.